The largest absolute Gasteiger partial charge is 0.478 e. The fourth-order valence-electron chi connectivity index (χ4n) is 1.07. The van der Waals surface area contributed by atoms with Crippen molar-refractivity contribution in [1.82, 2.24) is 4.98 Å². The second-order valence-electron chi connectivity index (χ2n) is 3.26. The van der Waals surface area contributed by atoms with Gasteiger partial charge in [-0.2, -0.15) is 12.6 Å². The summed E-state index contributed by atoms with van der Waals surface area (Å²) in [6, 6.07) is 3.13. The lowest BCUT2D eigenvalue weighted by Gasteiger charge is -2.18. The van der Waals surface area contributed by atoms with E-state index in [0.717, 1.165) is 0 Å². The highest BCUT2D eigenvalue weighted by molar-refractivity contribution is 7.81. The molecule has 13 heavy (non-hydrogen) atoms. The normalized spacial score (nSPS) is 11.3. The van der Waals surface area contributed by atoms with Crippen LogP contribution in [-0.4, -0.2) is 16.1 Å². The Labute approximate surface area is 82.2 Å². The summed E-state index contributed by atoms with van der Waals surface area (Å²) in [6.07, 6.45) is 1.57. The summed E-state index contributed by atoms with van der Waals surface area (Å²) in [5.41, 5.74) is 0.702. The lowest BCUT2D eigenvalue weighted by Crippen LogP contribution is -2.16. The van der Waals surface area contributed by atoms with Crippen LogP contribution in [0, 0.1) is 0 Å². The van der Waals surface area contributed by atoms with Gasteiger partial charge in [-0.1, -0.05) is 0 Å². The van der Waals surface area contributed by atoms with Gasteiger partial charge in [-0.05, 0) is 26.0 Å². The molecule has 0 saturated heterocycles. The molecule has 1 heterocycles. The van der Waals surface area contributed by atoms with Crippen LogP contribution >= 0.6 is 12.6 Å². The van der Waals surface area contributed by atoms with Gasteiger partial charge in [0.15, 0.2) is 0 Å². The molecule has 1 aromatic rings. The number of aromatic carboxylic acids is 1. The molecule has 1 rings (SSSR count). The molecule has 4 heteroatoms. The average molecular weight is 197 g/mol. The number of carboxylic acids is 1. The molecular weight excluding hydrogens is 186 g/mol. The van der Waals surface area contributed by atoms with Gasteiger partial charge in [0.25, 0.3) is 0 Å². The molecule has 70 valence electrons. The van der Waals surface area contributed by atoms with Gasteiger partial charge in [0, 0.05) is 6.20 Å². The minimum Gasteiger partial charge on any atom is -0.478 e. The van der Waals surface area contributed by atoms with Crippen molar-refractivity contribution < 1.29 is 9.90 Å². The number of carbonyl (C=O) groups is 1. The predicted molar refractivity (Wildman–Crippen MR) is 53.2 cm³/mol. The number of aromatic nitrogens is 1. The van der Waals surface area contributed by atoms with Crippen LogP contribution in [0.2, 0.25) is 0 Å². The molecule has 0 aliphatic rings. The summed E-state index contributed by atoms with van der Waals surface area (Å²) >= 11 is 4.28. The fourth-order valence-corrected chi connectivity index (χ4v) is 1.24. The quantitative estimate of drug-likeness (QED) is 0.712. The van der Waals surface area contributed by atoms with E-state index in [4.69, 9.17) is 5.11 Å². The molecule has 0 aliphatic carbocycles. The molecule has 0 bridgehead atoms. The van der Waals surface area contributed by atoms with E-state index in [0.29, 0.717) is 5.69 Å². The molecule has 0 fully saturated rings. The number of rotatable bonds is 2. The van der Waals surface area contributed by atoms with Gasteiger partial charge in [-0.15, -0.1) is 0 Å². The van der Waals surface area contributed by atoms with Crippen molar-refractivity contribution in [3.05, 3.63) is 29.6 Å². The Bertz CT molecular complexity index is 331. The predicted octanol–water partition coefficient (Wildman–Crippen LogP) is 1.94. The van der Waals surface area contributed by atoms with Gasteiger partial charge in [-0.3, -0.25) is 4.98 Å². The van der Waals surface area contributed by atoms with E-state index in [-0.39, 0.29) is 5.56 Å². The summed E-state index contributed by atoms with van der Waals surface area (Å²) in [6.45, 7) is 3.62. The van der Waals surface area contributed by atoms with Crippen LogP contribution in [0.3, 0.4) is 0 Å². The van der Waals surface area contributed by atoms with E-state index in [1.54, 1.807) is 12.3 Å². The second kappa shape index (κ2) is 3.38. The Morgan fingerprint density at radius 3 is 2.62 bits per heavy atom. The lowest BCUT2D eigenvalue weighted by molar-refractivity contribution is 0.0694. The first-order valence-electron chi connectivity index (χ1n) is 3.84. The van der Waals surface area contributed by atoms with E-state index in [1.165, 1.54) is 6.07 Å². The SMILES string of the molecule is CC(C)(S)c1ncccc1C(=O)O. The van der Waals surface area contributed by atoms with Gasteiger partial charge < -0.3 is 5.11 Å². The molecule has 0 aliphatic heterocycles. The van der Waals surface area contributed by atoms with Gasteiger partial charge in [0.1, 0.15) is 0 Å². The van der Waals surface area contributed by atoms with Gasteiger partial charge >= 0.3 is 5.97 Å². The average Bonchev–Trinajstić information content (AvgIpc) is 2.03. The first-order valence-corrected chi connectivity index (χ1v) is 4.29. The van der Waals surface area contributed by atoms with Crippen molar-refractivity contribution >= 4 is 18.6 Å². The Kier molecular flexibility index (Phi) is 2.61. The highest BCUT2D eigenvalue weighted by Crippen LogP contribution is 2.27. The number of hydrogen-bond acceptors (Lipinski definition) is 3. The minimum atomic E-state index is -0.967. The molecule has 3 nitrogen and oxygen atoms in total. The number of thiol groups is 1. The van der Waals surface area contributed by atoms with E-state index in [1.807, 2.05) is 13.8 Å². The Morgan fingerprint density at radius 1 is 1.62 bits per heavy atom. The summed E-state index contributed by atoms with van der Waals surface area (Å²) in [5, 5.41) is 8.86. The second-order valence-corrected chi connectivity index (χ2v) is 4.38. The monoisotopic (exact) mass is 197 g/mol. The van der Waals surface area contributed by atoms with Crippen molar-refractivity contribution in [1.29, 1.82) is 0 Å². The van der Waals surface area contributed by atoms with Gasteiger partial charge in [0.2, 0.25) is 0 Å². The molecule has 0 saturated carbocycles. The Balaban J connectivity index is 3.28. The molecule has 1 N–H and O–H groups in total. The first kappa shape index (κ1) is 10.1. The fraction of sp³-hybridized carbons (Fsp3) is 0.333. The van der Waals surface area contributed by atoms with Crippen molar-refractivity contribution in [3.8, 4) is 0 Å². The molecule has 0 amide bonds. The number of pyridine rings is 1. The van der Waals surface area contributed by atoms with Crippen molar-refractivity contribution in [2.75, 3.05) is 0 Å². The first-order chi connectivity index (χ1) is 5.93. The summed E-state index contributed by atoms with van der Waals surface area (Å²) in [7, 11) is 0. The summed E-state index contributed by atoms with van der Waals surface area (Å²) < 4.78 is -0.533. The van der Waals surface area contributed by atoms with E-state index in [2.05, 4.69) is 17.6 Å². The smallest absolute Gasteiger partial charge is 0.337 e. The minimum absolute atomic E-state index is 0.211. The maximum atomic E-state index is 10.8. The molecular formula is C9H11NO2S. The zero-order chi connectivity index (χ0) is 10.1. The van der Waals surface area contributed by atoms with E-state index in [9.17, 15) is 4.79 Å². The number of carboxylic acid groups (broad SMARTS) is 1. The standard InChI is InChI=1S/C9H11NO2S/c1-9(2,13)7-6(8(11)12)4-3-5-10-7/h3-5,13H,1-2H3,(H,11,12). The molecule has 0 radical (unpaired) electrons. The highest BCUT2D eigenvalue weighted by Gasteiger charge is 2.23. The zero-order valence-corrected chi connectivity index (χ0v) is 8.38. The maximum absolute atomic E-state index is 10.8. The molecule has 1 aromatic heterocycles. The zero-order valence-electron chi connectivity index (χ0n) is 7.48. The van der Waals surface area contributed by atoms with Crippen LogP contribution in [0.1, 0.15) is 29.9 Å². The third-order valence-electron chi connectivity index (χ3n) is 1.62. The van der Waals surface area contributed by atoms with Crippen LogP contribution in [0.4, 0.5) is 0 Å². The lowest BCUT2D eigenvalue weighted by atomic mass is 10.0. The van der Waals surface area contributed by atoms with Crippen LogP contribution in [0.25, 0.3) is 0 Å². The summed E-state index contributed by atoms with van der Waals surface area (Å²) in [4.78, 5) is 14.8. The van der Waals surface area contributed by atoms with E-state index < -0.39 is 10.7 Å². The van der Waals surface area contributed by atoms with Crippen molar-refractivity contribution in [2.45, 2.75) is 18.6 Å². The summed E-state index contributed by atoms with van der Waals surface area (Å²) in [5.74, 6) is -0.967. The maximum Gasteiger partial charge on any atom is 0.337 e. The number of hydrogen-bond donors (Lipinski definition) is 2. The van der Waals surface area contributed by atoms with Crippen LogP contribution < -0.4 is 0 Å². The third kappa shape index (κ3) is 2.21. The Morgan fingerprint density at radius 2 is 2.23 bits per heavy atom. The highest BCUT2D eigenvalue weighted by atomic mass is 32.1. The molecule has 0 aromatic carbocycles. The molecule has 0 atom stereocenters. The van der Waals surface area contributed by atoms with Crippen LogP contribution in [0.5, 0.6) is 0 Å². The third-order valence-corrected chi connectivity index (χ3v) is 1.83. The van der Waals surface area contributed by atoms with Gasteiger partial charge in [0.05, 0.1) is 16.0 Å². The van der Waals surface area contributed by atoms with Crippen LogP contribution in [-0.2, 0) is 4.75 Å². The molecule has 0 unspecified atom stereocenters. The molecule has 0 spiro atoms. The Hall–Kier alpha value is -1.03. The van der Waals surface area contributed by atoms with Crippen molar-refractivity contribution in [3.63, 3.8) is 0 Å². The van der Waals surface area contributed by atoms with Crippen molar-refractivity contribution in [2.24, 2.45) is 0 Å². The number of nitrogens with zero attached hydrogens (tertiary/aromatic N) is 1. The van der Waals surface area contributed by atoms with E-state index >= 15 is 0 Å². The van der Waals surface area contributed by atoms with Gasteiger partial charge in [-0.25, -0.2) is 4.79 Å². The topological polar surface area (TPSA) is 50.2 Å². The van der Waals surface area contributed by atoms with Crippen LogP contribution in [0.15, 0.2) is 18.3 Å².